The summed E-state index contributed by atoms with van der Waals surface area (Å²) in [5.74, 6) is -0.250. The number of carbonyl (C=O) groups is 1. The molecule has 0 bridgehead atoms. The third-order valence-electron chi connectivity index (χ3n) is 2.06. The number of benzene rings is 1. The Balaban J connectivity index is 2.66. The van der Waals surface area contributed by atoms with Gasteiger partial charge >= 0.3 is 5.97 Å². The molecule has 1 rings (SSSR count). The number of rotatable bonds is 4. The molecule has 0 radical (unpaired) electrons. The average molecular weight is 288 g/mol. The van der Waals surface area contributed by atoms with Crippen LogP contribution in [0, 0.1) is 0 Å². The van der Waals surface area contributed by atoms with Crippen molar-refractivity contribution < 1.29 is 14.6 Å². The largest absolute Gasteiger partial charge is 0.507 e. The maximum Gasteiger partial charge on any atom is 0.323 e. The molecule has 1 aromatic carbocycles. The minimum absolute atomic E-state index is 0.161. The SMILES string of the molecule is CCOC(=O)C(N)Cc1ccc(O)c(Br)c1. The van der Waals surface area contributed by atoms with E-state index >= 15 is 0 Å². The van der Waals surface area contributed by atoms with Crippen LogP contribution < -0.4 is 5.73 Å². The van der Waals surface area contributed by atoms with Gasteiger partial charge in [0.1, 0.15) is 11.8 Å². The van der Waals surface area contributed by atoms with Crippen molar-refractivity contribution in [3.8, 4) is 5.75 Å². The van der Waals surface area contributed by atoms with E-state index in [0.29, 0.717) is 17.5 Å². The van der Waals surface area contributed by atoms with Crippen molar-refractivity contribution in [2.45, 2.75) is 19.4 Å². The molecule has 0 amide bonds. The van der Waals surface area contributed by atoms with Crippen molar-refractivity contribution >= 4 is 21.9 Å². The van der Waals surface area contributed by atoms with Crippen LogP contribution in [0.25, 0.3) is 0 Å². The highest BCUT2D eigenvalue weighted by atomic mass is 79.9. The van der Waals surface area contributed by atoms with E-state index in [1.165, 1.54) is 0 Å². The molecule has 1 atom stereocenters. The lowest BCUT2D eigenvalue weighted by molar-refractivity contribution is -0.144. The van der Waals surface area contributed by atoms with Crippen molar-refractivity contribution in [1.82, 2.24) is 0 Å². The van der Waals surface area contributed by atoms with Crippen LogP contribution in [0.4, 0.5) is 0 Å². The number of carbonyl (C=O) groups excluding carboxylic acids is 1. The first-order valence-electron chi connectivity index (χ1n) is 4.94. The zero-order chi connectivity index (χ0) is 12.1. The van der Waals surface area contributed by atoms with Crippen molar-refractivity contribution in [3.05, 3.63) is 28.2 Å². The Labute approximate surface area is 103 Å². The van der Waals surface area contributed by atoms with Gasteiger partial charge < -0.3 is 15.6 Å². The number of nitrogens with two attached hydrogens (primary N) is 1. The molecule has 1 aromatic rings. The fourth-order valence-electron chi connectivity index (χ4n) is 1.26. The Kier molecular flexibility index (Phi) is 4.76. The predicted octanol–water partition coefficient (Wildman–Crippen LogP) is 1.59. The van der Waals surface area contributed by atoms with Gasteiger partial charge in [-0.05, 0) is 47.0 Å². The molecule has 0 aliphatic carbocycles. The maximum atomic E-state index is 11.3. The van der Waals surface area contributed by atoms with Crippen LogP contribution in [0.15, 0.2) is 22.7 Å². The number of hydrogen-bond acceptors (Lipinski definition) is 4. The summed E-state index contributed by atoms with van der Waals surface area (Å²) < 4.78 is 5.39. The van der Waals surface area contributed by atoms with Gasteiger partial charge in [0.15, 0.2) is 0 Å². The van der Waals surface area contributed by atoms with Gasteiger partial charge in [-0.1, -0.05) is 6.07 Å². The van der Waals surface area contributed by atoms with E-state index in [0.717, 1.165) is 5.56 Å². The van der Waals surface area contributed by atoms with Gasteiger partial charge in [-0.2, -0.15) is 0 Å². The molecule has 0 aromatic heterocycles. The first-order valence-corrected chi connectivity index (χ1v) is 5.73. The zero-order valence-electron chi connectivity index (χ0n) is 8.94. The number of ether oxygens (including phenoxy) is 1. The molecular weight excluding hydrogens is 274 g/mol. The van der Waals surface area contributed by atoms with E-state index in [2.05, 4.69) is 15.9 Å². The highest BCUT2D eigenvalue weighted by Crippen LogP contribution is 2.24. The average Bonchev–Trinajstić information content (AvgIpc) is 2.24. The first-order chi connectivity index (χ1) is 7.54. The van der Waals surface area contributed by atoms with Crippen molar-refractivity contribution in [3.63, 3.8) is 0 Å². The molecule has 0 saturated heterocycles. The normalized spacial score (nSPS) is 12.2. The van der Waals surface area contributed by atoms with Crippen molar-refractivity contribution in [1.29, 1.82) is 0 Å². The van der Waals surface area contributed by atoms with E-state index in [1.807, 2.05) is 0 Å². The van der Waals surface area contributed by atoms with E-state index < -0.39 is 12.0 Å². The van der Waals surface area contributed by atoms with Gasteiger partial charge in [0.05, 0.1) is 11.1 Å². The van der Waals surface area contributed by atoms with Gasteiger partial charge in [0.25, 0.3) is 0 Å². The lowest BCUT2D eigenvalue weighted by atomic mass is 10.1. The minimum atomic E-state index is -0.670. The summed E-state index contributed by atoms with van der Waals surface area (Å²) in [5.41, 5.74) is 6.54. The molecule has 5 heteroatoms. The van der Waals surface area contributed by atoms with E-state index in [-0.39, 0.29) is 5.75 Å². The number of phenols is 1. The lowest BCUT2D eigenvalue weighted by Gasteiger charge is -2.10. The van der Waals surface area contributed by atoms with Crippen LogP contribution in [-0.4, -0.2) is 23.7 Å². The van der Waals surface area contributed by atoms with Gasteiger partial charge in [-0.15, -0.1) is 0 Å². The number of phenolic OH excluding ortho intramolecular Hbond substituents is 1. The number of halogens is 1. The predicted molar refractivity (Wildman–Crippen MR) is 64.1 cm³/mol. The van der Waals surface area contributed by atoms with E-state index in [1.54, 1.807) is 25.1 Å². The topological polar surface area (TPSA) is 72.5 Å². The Bertz CT molecular complexity index is 381. The van der Waals surface area contributed by atoms with Gasteiger partial charge in [-0.3, -0.25) is 4.79 Å². The summed E-state index contributed by atoms with van der Waals surface area (Å²) in [4.78, 5) is 11.3. The molecule has 88 valence electrons. The number of esters is 1. The second-order valence-corrected chi connectivity index (χ2v) is 4.20. The summed E-state index contributed by atoms with van der Waals surface area (Å²) in [6.07, 6.45) is 0.387. The van der Waals surface area contributed by atoms with Crippen molar-refractivity contribution in [2.24, 2.45) is 5.73 Å². The second kappa shape index (κ2) is 5.86. The highest BCUT2D eigenvalue weighted by Gasteiger charge is 2.15. The third-order valence-corrected chi connectivity index (χ3v) is 2.69. The molecule has 4 nitrogen and oxygen atoms in total. The molecule has 0 aliphatic rings. The smallest absolute Gasteiger partial charge is 0.323 e. The van der Waals surface area contributed by atoms with Crippen molar-refractivity contribution in [2.75, 3.05) is 6.61 Å². The first kappa shape index (κ1) is 13.0. The Hall–Kier alpha value is -1.07. The summed E-state index contributed by atoms with van der Waals surface area (Å²) in [6, 6.07) is 4.33. The highest BCUT2D eigenvalue weighted by molar-refractivity contribution is 9.10. The van der Waals surface area contributed by atoms with Crippen LogP contribution >= 0.6 is 15.9 Å². The number of hydrogen-bond donors (Lipinski definition) is 2. The molecule has 3 N–H and O–H groups in total. The maximum absolute atomic E-state index is 11.3. The summed E-state index contributed by atoms with van der Waals surface area (Å²) in [6.45, 7) is 2.06. The van der Waals surface area contributed by atoms with Crippen LogP contribution in [0.1, 0.15) is 12.5 Å². The Morgan fingerprint density at radius 2 is 2.31 bits per heavy atom. The molecule has 0 heterocycles. The quantitative estimate of drug-likeness (QED) is 0.825. The Morgan fingerprint density at radius 1 is 1.62 bits per heavy atom. The summed E-state index contributed by atoms with van der Waals surface area (Å²) >= 11 is 3.20. The van der Waals surface area contributed by atoms with Crippen LogP contribution in [0.2, 0.25) is 0 Å². The van der Waals surface area contributed by atoms with Gasteiger partial charge in [0.2, 0.25) is 0 Å². The molecule has 0 fully saturated rings. The lowest BCUT2D eigenvalue weighted by Crippen LogP contribution is -2.34. The minimum Gasteiger partial charge on any atom is -0.507 e. The van der Waals surface area contributed by atoms with Gasteiger partial charge in [-0.25, -0.2) is 0 Å². The Morgan fingerprint density at radius 3 is 2.88 bits per heavy atom. The molecule has 0 aliphatic heterocycles. The van der Waals surface area contributed by atoms with E-state index in [9.17, 15) is 9.90 Å². The zero-order valence-corrected chi connectivity index (χ0v) is 10.5. The number of aromatic hydroxyl groups is 1. The summed E-state index contributed by atoms with van der Waals surface area (Å²) in [5, 5.41) is 9.30. The monoisotopic (exact) mass is 287 g/mol. The van der Waals surface area contributed by atoms with Gasteiger partial charge in [0, 0.05) is 0 Å². The summed E-state index contributed by atoms with van der Waals surface area (Å²) in [7, 11) is 0. The molecular formula is C11H14BrNO3. The fourth-order valence-corrected chi connectivity index (χ4v) is 1.69. The van der Waals surface area contributed by atoms with Crippen LogP contribution in [0.5, 0.6) is 5.75 Å². The van der Waals surface area contributed by atoms with Crippen LogP contribution in [-0.2, 0) is 16.0 Å². The molecule has 0 spiro atoms. The fraction of sp³-hybridized carbons (Fsp3) is 0.364. The van der Waals surface area contributed by atoms with E-state index in [4.69, 9.17) is 10.5 Å². The molecule has 1 unspecified atom stereocenters. The standard InChI is InChI=1S/C11H14BrNO3/c1-2-16-11(15)9(13)6-7-3-4-10(14)8(12)5-7/h3-5,9,14H,2,6,13H2,1H3. The third kappa shape index (κ3) is 3.50. The van der Waals surface area contributed by atoms with Crippen LogP contribution in [0.3, 0.4) is 0 Å². The molecule has 0 saturated carbocycles. The molecule has 16 heavy (non-hydrogen) atoms. The second-order valence-electron chi connectivity index (χ2n) is 3.35.